The van der Waals surface area contributed by atoms with Gasteiger partial charge < -0.3 is 14.0 Å². The molecule has 224 valence electrons. The van der Waals surface area contributed by atoms with E-state index in [2.05, 4.69) is 137 Å². The Labute approximate surface area is 268 Å². The lowest BCUT2D eigenvalue weighted by atomic mass is 10.1. The highest BCUT2D eigenvalue weighted by atomic mass is 32.1. The Morgan fingerprint density at radius 2 is 1.33 bits per heavy atom. The maximum absolute atomic E-state index is 11.3. The Morgan fingerprint density at radius 1 is 0.667 bits per heavy atom. The molecule has 0 aliphatic heterocycles. The number of para-hydroxylation sites is 2. The number of carbonyl (C=O) groups is 1. The number of hydrogen-bond donors (Lipinski definition) is 0. The zero-order chi connectivity index (χ0) is 30.8. The fraction of sp³-hybridized carbons (Fsp3) is 0.175. The summed E-state index contributed by atoms with van der Waals surface area (Å²) in [5, 5.41) is 2.53. The number of thiophene rings is 1. The smallest absolute Gasteiger partial charge is 0.160 e. The minimum atomic E-state index is 0.747. The summed E-state index contributed by atoms with van der Waals surface area (Å²) in [6, 6.07) is 43.4. The predicted octanol–water partition coefficient (Wildman–Crippen LogP) is 11.4. The van der Waals surface area contributed by atoms with Gasteiger partial charge in [0.15, 0.2) is 6.29 Å². The molecule has 3 heterocycles. The van der Waals surface area contributed by atoms with E-state index in [4.69, 9.17) is 0 Å². The summed E-state index contributed by atoms with van der Waals surface area (Å²) in [5.41, 5.74) is 9.41. The molecule has 0 aliphatic carbocycles. The molecule has 5 heteroatoms. The van der Waals surface area contributed by atoms with Crippen molar-refractivity contribution in [2.45, 2.75) is 39.2 Å². The van der Waals surface area contributed by atoms with Crippen LogP contribution in [-0.4, -0.2) is 15.4 Å². The molecule has 45 heavy (non-hydrogen) atoms. The highest BCUT2D eigenvalue weighted by Gasteiger charge is 2.18. The van der Waals surface area contributed by atoms with Gasteiger partial charge in [-0.1, -0.05) is 68.7 Å². The Hall–Kier alpha value is -4.87. The first-order chi connectivity index (χ1) is 22.2. The molecular weight excluding hydrogens is 571 g/mol. The van der Waals surface area contributed by atoms with Crippen LogP contribution >= 0.6 is 11.3 Å². The molecule has 0 spiro atoms. The van der Waals surface area contributed by atoms with E-state index in [-0.39, 0.29) is 0 Å². The highest BCUT2D eigenvalue weighted by Crippen LogP contribution is 2.40. The van der Waals surface area contributed by atoms with Crippen molar-refractivity contribution in [3.8, 4) is 21.8 Å². The van der Waals surface area contributed by atoms with Gasteiger partial charge in [0, 0.05) is 58.2 Å². The molecule has 0 aliphatic rings. The Balaban J connectivity index is 1.38. The van der Waals surface area contributed by atoms with Crippen LogP contribution in [0.15, 0.2) is 121 Å². The molecule has 0 bridgehead atoms. The average Bonchev–Trinajstić information content (AvgIpc) is 3.79. The summed E-state index contributed by atoms with van der Waals surface area (Å²) in [6.07, 6.45) is 5.83. The van der Waals surface area contributed by atoms with Crippen LogP contribution in [0.2, 0.25) is 0 Å². The number of unbranched alkanes of at least 4 members (excludes halogenated alkanes) is 3. The third kappa shape index (κ3) is 5.49. The molecule has 0 fully saturated rings. The topological polar surface area (TPSA) is 30.2 Å². The molecule has 4 aromatic carbocycles. The molecule has 0 atom stereocenters. The molecular formula is C40H37N3OS. The lowest BCUT2D eigenvalue weighted by Gasteiger charge is -2.25. The largest absolute Gasteiger partial charge is 0.343 e. The number of fused-ring (bicyclic) bond motifs is 3. The lowest BCUT2D eigenvalue weighted by Crippen LogP contribution is -2.09. The first kappa shape index (κ1) is 28.9. The van der Waals surface area contributed by atoms with Gasteiger partial charge in [-0.05, 0) is 90.8 Å². The highest BCUT2D eigenvalue weighted by molar-refractivity contribution is 7.17. The molecule has 0 saturated heterocycles. The van der Waals surface area contributed by atoms with Gasteiger partial charge in [0.2, 0.25) is 0 Å². The van der Waals surface area contributed by atoms with Gasteiger partial charge in [0.25, 0.3) is 0 Å². The van der Waals surface area contributed by atoms with Crippen LogP contribution in [-0.2, 0) is 13.6 Å². The molecule has 7 aromatic rings. The molecule has 3 aromatic heterocycles. The van der Waals surface area contributed by atoms with E-state index < -0.39 is 0 Å². The van der Waals surface area contributed by atoms with Crippen molar-refractivity contribution in [2.24, 2.45) is 7.05 Å². The first-order valence-corrected chi connectivity index (χ1v) is 16.7. The van der Waals surface area contributed by atoms with Crippen LogP contribution in [0.1, 0.15) is 42.3 Å². The third-order valence-electron chi connectivity index (χ3n) is 8.78. The van der Waals surface area contributed by atoms with Crippen LogP contribution in [0.5, 0.6) is 0 Å². The molecule has 0 radical (unpaired) electrons. The zero-order valence-corrected chi connectivity index (χ0v) is 26.6. The number of anilines is 3. The summed E-state index contributed by atoms with van der Waals surface area (Å²) >= 11 is 1.53. The Morgan fingerprint density at radius 3 is 2.00 bits per heavy atom. The van der Waals surface area contributed by atoms with Gasteiger partial charge in [-0.25, -0.2) is 0 Å². The molecule has 0 unspecified atom stereocenters. The van der Waals surface area contributed by atoms with E-state index in [1.165, 1.54) is 64.4 Å². The standard InChI is InChI=1S/C40H37N3OS/c1-3-4-5-12-25-42-37-20-17-29(36-22-23-39(41(36)2)40-24-19-33(28-44)45-40)26-34(37)35-27-32(18-21-38(35)42)43(30-13-8-6-9-14-30)31-15-10-7-11-16-31/h6-11,13-24,26-28H,3-5,12,25H2,1-2H3. The summed E-state index contributed by atoms with van der Waals surface area (Å²) in [4.78, 5) is 15.5. The third-order valence-corrected chi connectivity index (χ3v) is 9.82. The normalized spacial score (nSPS) is 11.4. The number of aryl methyl sites for hydroxylation is 1. The maximum atomic E-state index is 11.3. The van der Waals surface area contributed by atoms with Crippen molar-refractivity contribution in [3.63, 3.8) is 0 Å². The Bertz CT molecular complexity index is 2050. The predicted molar refractivity (Wildman–Crippen MR) is 191 cm³/mol. The van der Waals surface area contributed by atoms with Crippen LogP contribution < -0.4 is 4.90 Å². The van der Waals surface area contributed by atoms with Gasteiger partial charge in [-0.2, -0.15) is 0 Å². The fourth-order valence-corrected chi connectivity index (χ4v) is 7.42. The minimum Gasteiger partial charge on any atom is -0.343 e. The van der Waals surface area contributed by atoms with E-state index in [1.54, 1.807) is 0 Å². The number of aromatic nitrogens is 2. The maximum Gasteiger partial charge on any atom is 0.160 e. The second-order valence-corrected chi connectivity index (χ2v) is 12.8. The van der Waals surface area contributed by atoms with Crippen LogP contribution in [0.3, 0.4) is 0 Å². The van der Waals surface area contributed by atoms with Crippen molar-refractivity contribution in [1.29, 1.82) is 0 Å². The number of benzene rings is 4. The van der Waals surface area contributed by atoms with Gasteiger partial charge in [-0.3, -0.25) is 4.79 Å². The van der Waals surface area contributed by atoms with E-state index >= 15 is 0 Å². The number of carbonyl (C=O) groups excluding carboxylic acids is 1. The van der Waals surface area contributed by atoms with E-state index in [0.717, 1.165) is 51.0 Å². The average molecular weight is 608 g/mol. The lowest BCUT2D eigenvalue weighted by molar-refractivity contribution is 0.112. The van der Waals surface area contributed by atoms with Crippen molar-refractivity contribution in [1.82, 2.24) is 9.13 Å². The van der Waals surface area contributed by atoms with Crippen LogP contribution in [0, 0.1) is 0 Å². The van der Waals surface area contributed by atoms with Crippen molar-refractivity contribution in [2.75, 3.05) is 4.90 Å². The van der Waals surface area contributed by atoms with Gasteiger partial charge >= 0.3 is 0 Å². The summed E-state index contributed by atoms with van der Waals surface area (Å²) in [6.45, 7) is 3.27. The molecule has 0 saturated carbocycles. The summed E-state index contributed by atoms with van der Waals surface area (Å²) in [7, 11) is 2.11. The quantitative estimate of drug-likeness (QED) is 0.108. The molecule has 4 nitrogen and oxygen atoms in total. The molecule has 7 rings (SSSR count). The van der Waals surface area contributed by atoms with E-state index in [1.807, 2.05) is 12.1 Å². The van der Waals surface area contributed by atoms with Gasteiger partial charge in [-0.15, -0.1) is 11.3 Å². The molecule has 0 N–H and O–H groups in total. The van der Waals surface area contributed by atoms with E-state index in [9.17, 15) is 4.79 Å². The van der Waals surface area contributed by atoms with Crippen LogP contribution in [0.4, 0.5) is 17.1 Å². The van der Waals surface area contributed by atoms with Crippen molar-refractivity contribution >= 4 is 56.5 Å². The Kier molecular flexibility index (Phi) is 8.10. The van der Waals surface area contributed by atoms with Gasteiger partial charge in [0.05, 0.1) is 15.4 Å². The van der Waals surface area contributed by atoms with Crippen molar-refractivity contribution < 1.29 is 4.79 Å². The number of nitrogens with zero attached hydrogens (tertiary/aromatic N) is 3. The van der Waals surface area contributed by atoms with Crippen molar-refractivity contribution in [3.05, 3.63) is 126 Å². The zero-order valence-electron chi connectivity index (χ0n) is 25.8. The first-order valence-electron chi connectivity index (χ1n) is 15.8. The van der Waals surface area contributed by atoms with Crippen LogP contribution in [0.25, 0.3) is 43.6 Å². The second-order valence-electron chi connectivity index (χ2n) is 11.6. The minimum absolute atomic E-state index is 0.747. The number of aldehydes is 1. The fourth-order valence-electron chi connectivity index (χ4n) is 6.53. The molecule has 0 amide bonds. The SMILES string of the molecule is CCCCCCn1c2ccc(-c3ccc(-c4ccc(C=O)s4)n3C)cc2c2cc(N(c3ccccc3)c3ccccc3)ccc21. The van der Waals surface area contributed by atoms with E-state index in [0.29, 0.717) is 0 Å². The summed E-state index contributed by atoms with van der Waals surface area (Å²) < 4.78 is 4.76. The number of rotatable bonds is 11. The monoisotopic (exact) mass is 607 g/mol. The number of hydrogen-bond acceptors (Lipinski definition) is 3. The summed E-state index contributed by atoms with van der Waals surface area (Å²) in [5.74, 6) is 0. The van der Waals surface area contributed by atoms with Gasteiger partial charge in [0.1, 0.15) is 0 Å². The second kappa shape index (κ2) is 12.6.